The fraction of sp³-hybridized carbons (Fsp3) is 0.0476. The average molecular weight is 564 g/mol. The summed E-state index contributed by atoms with van der Waals surface area (Å²) < 4.78 is 8.70. The molecule has 0 saturated heterocycles. The Bertz CT molecular complexity index is 2400. The minimum absolute atomic E-state index is 0.262. The summed E-state index contributed by atoms with van der Waals surface area (Å²) >= 11 is 0. The predicted octanol–water partition coefficient (Wildman–Crippen LogP) is 11.3. The summed E-state index contributed by atoms with van der Waals surface area (Å²) in [5, 5.41) is 4.82. The van der Waals surface area contributed by atoms with E-state index in [-0.39, 0.29) is 5.92 Å². The van der Waals surface area contributed by atoms with Gasteiger partial charge in [-0.1, -0.05) is 121 Å². The van der Waals surface area contributed by atoms with Gasteiger partial charge in [0.1, 0.15) is 11.2 Å². The molecule has 9 rings (SSSR count). The quantitative estimate of drug-likeness (QED) is 0.208. The third-order valence-corrected chi connectivity index (χ3v) is 9.15. The van der Waals surface area contributed by atoms with Crippen molar-refractivity contribution in [1.82, 2.24) is 4.57 Å². The van der Waals surface area contributed by atoms with Gasteiger partial charge in [-0.2, -0.15) is 0 Å². The summed E-state index contributed by atoms with van der Waals surface area (Å²) in [6.07, 6.45) is 5.80. The number of aromatic nitrogens is 1. The zero-order valence-electron chi connectivity index (χ0n) is 24.2. The van der Waals surface area contributed by atoms with Crippen LogP contribution >= 0.6 is 0 Å². The highest BCUT2D eigenvalue weighted by Gasteiger charge is 2.22. The van der Waals surface area contributed by atoms with E-state index in [9.17, 15) is 0 Å². The molecule has 0 radical (unpaired) electrons. The molecule has 2 heterocycles. The summed E-state index contributed by atoms with van der Waals surface area (Å²) in [5.41, 5.74) is 11.9. The largest absolute Gasteiger partial charge is 0.456 e. The lowest BCUT2D eigenvalue weighted by molar-refractivity contribution is 0.669. The second kappa shape index (κ2) is 10.00. The maximum absolute atomic E-state index is 6.28. The Hall–Kier alpha value is -5.60. The topological polar surface area (TPSA) is 18.1 Å². The molecule has 2 aromatic heterocycles. The molecule has 0 spiro atoms. The molecule has 0 saturated carbocycles. The van der Waals surface area contributed by atoms with E-state index in [1.165, 1.54) is 49.6 Å². The van der Waals surface area contributed by atoms with Crippen molar-refractivity contribution in [2.45, 2.75) is 12.3 Å². The van der Waals surface area contributed by atoms with Crippen LogP contribution in [-0.2, 0) is 0 Å². The number of allylic oxidation sites excluding steroid dienone is 4. The zero-order valence-corrected chi connectivity index (χ0v) is 24.2. The standard InChI is InChI=1S/C42H29NO/c1-3-12-28(13-4-1)31-24-32(29-14-5-2-6-15-29)26-33(25-31)30-22-23-38-36(27-30)34-16-7-9-18-37(34)43(38)39-19-11-21-41-42(39)35-17-8-10-20-40(35)44-41/h1-25,27,33H,26H2. The lowest BCUT2D eigenvalue weighted by Crippen LogP contribution is -2.04. The molecule has 8 aromatic rings. The SMILES string of the molecule is C1=C(c2ccccc2)C=C(c2ccccc2)CC1c1ccc2c(c1)c1ccccc1n2-c1cccc2oc3ccccc3c12. The average Bonchev–Trinajstić information content (AvgIpc) is 3.64. The van der Waals surface area contributed by atoms with Crippen LogP contribution in [0.4, 0.5) is 0 Å². The van der Waals surface area contributed by atoms with E-state index >= 15 is 0 Å². The smallest absolute Gasteiger partial charge is 0.137 e. The molecule has 6 aromatic carbocycles. The van der Waals surface area contributed by atoms with E-state index in [2.05, 4.69) is 156 Å². The van der Waals surface area contributed by atoms with Crippen LogP contribution in [0.2, 0.25) is 0 Å². The second-order valence-corrected chi connectivity index (χ2v) is 11.7. The lowest BCUT2D eigenvalue weighted by atomic mass is 9.81. The van der Waals surface area contributed by atoms with Gasteiger partial charge in [-0.15, -0.1) is 0 Å². The van der Waals surface area contributed by atoms with Crippen LogP contribution in [0.3, 0.4) is 0 Å². The van der Waals surface area contributed by atoms with Gasteiger partial charge in [-0.3, -0.25) is 0 Å². The summed E-state index contributed by atoms with van der Waals surface area (Å²) in [7, 11) is 0. The van der Waals surface area contributed by atoms with Crippen LogP contribution in [0.1, 0.15) is 29.0 Å². The van der Waals surface area contributed by atoms with Gasteiger partial charge >= 0.3 is 0 Å². The fourth-order valence-corrected chi connectivity index (χ4v) is 7.11. The van der Waals surface area contributed by atoms with Gasteiger partial charge in [0, 0.05) is 22.1 Å². The zero-order chi connectivity index (χ0) is 29.0. The van der Waals surface area contributed by atoms with Crippen molar-refractivity contribution < 1.29 is 4.42 Å². The molecule has 1 unspecified atom stereocenters. The Kier molecular flexibility index (Phi) is 5.67. The van der Waals surface area contributed by atoms with Crippen molar-refractivity contribution in [3.63, 3.8) is 0 Å². The van der Waals surface area contributed by atoms with Gasteiger partial charge in [0.25, 0.3) is 0 Å². The highest BCUT2D eigenvalue weighted by Crippen LogP contribution is 2.42. The van der Waals surface area contributed by atoms with E-state index < -0.39 is 0 Å². The lowest BCUT2D eigenvalue weighted by Gasteiger charge is -2.23. The molecule has 0 fully saturated rings. The summed E-state index contributed by atoms with van der Waals surface area (Å²) in [6.45, 7) is 0. The minimum atomic E-state index is 0.262. The monoisotopic (exact) mass is 563 g/mol. The minimum Gasteiger partial charge on any atom is -0.456 e. The van der Waals surface area contributed by atoms with Crippen LogP contribution in [0.15, 0.2) is 162 Å². The molecule has 0 N–H and O–H groups in total. The van der Waals surface area contributed by atoms with Gasteiger partial charge in [-0.25, -0.2) is 0 Å². The Balaban J connectivity index is 1.24. The van der Waals surface area contributed by atoms with Gasteiger partial charge in [0.2, 0.25) is 0 Å². The summed E-state index contributed by atoms with van der Waals surface area (Å²) in [6, 6.07) is 52.2. The van der Waals surface area contributed by atoms with Crippen LogP contribution in [0.5, 0.6) is 0 Å². The van der Waals surface area contributed by atoms with Gasteiger partial charge in [0.05, 0.1) is 22.1 Å². The maximum Gasteiger partial charge on any atom is 0.137 e. The molecule has 0 amide bonds. The van der Waals surface area contributed by atoms with E-state index in [0.717, 1.165) is 34.0 Å². The molecular weight excluding hydrogens is 534 g/mol. The number of para-hydroxylation sites is 2. The highest BCUT2D eigenvalue weighted by molar-refractivity contribution is 6.14. The van der Waals surface area contributed by atoms with E-state index in [0.29, 0.717) is 0 Å². The van der Waals surface area contributed by atoms with E-state index in [4.69, 9.17) is 4.42 Å². The van der Waals surface area contributed by atoms with Crippen LogP contribution in [0, 0.1) is 0 Å². The number of hydrogen-bond donors (Lipinski definition) is 0. The van der Waals surface area contributed by atoms with Crippen LogP contribution in [-0.4, -0.2) is 4.57 Å². The Labute approximate surface area is 255 Å². The molecule has 1 aliphatic rings. The molecule has 1 atom stereocenters. The molecule has 44 heavy (non-hydrogen) atoms. The molecule has 0 aliphatic heterocycles. The van der Waals surface area contributed by atoms with E-state index in [1.807, 2.05) is 6.07 Å². The number of benzene rings is 6. The van der Waals surface area contributed by atoms with Gasteiger partial charge in [0.15, 0.2) is 0 Å². The summed E-state index contributed by atoms with van der Waals surface area (Å²) in [5.74, 6) is 0.262. The summed E-state index contributed by atoms with van der Waals surface area (Å²) in [4.78, 5) is 0. The first-order valence-electron chi connectivity index (χ1n) is 15.3. The number of rotatable bonds is 4. The first-order chi connectivity index (χ1) is 21.8. The number of fused-ring (bicyclic) bond motifs is 6. The Morgan fingerprint density at radius 3 is 2.07 bits per heavy atom. The van der Waals surface area contributed by atoms with Crippen LogP contribution < -0.4 is 0 Å². The number of nitrogens with zero attached hydrogens (tertiary/aromatic N) is 1. The molecule has 2 nitrogen and oxygen atoms in total. The fourth-order valence-electron chi connectivity index (χ4n) is 7.11. The molecular formula is C42H29NO. The number of furan rings is 1. The van der Waals surface area contributed by atoms with Crippen LogP contribution in [0.25, 0.3) is 60.6 Å². The second-order valence-electron chi connectivity index (χ2n) is 11.7. The Morgan fingerprint density at radius 2 is 1.23 bits per heavy atom. The molecule has 1 aliphatic carbocycles. The van der Waals surface area contributed by atoms with Crippen molar-refractivity contribution in [3.8, 4) is 5.69 Å². The third kappa shape index (κ3) is 3.95. The third-order valence-electron chi connectivity index (χ3n) is 9.15. The molecule has 0 bridgehead atoms. The maximum atomic E-state index is 6.28. The first-order valence-corrected chi connectivity index (χ1v) is 15.3. The van der Waals surface area contributed by atoms with Gasteiger partial charge < -0.3 is 8.98 Å². The number of hydrogen-bond acceptors (Lipinski definition) is 1. The Morgan fingerprint density at radius 1 is 0.545 bits per heavy atom. The molecule has 2 heteroatoms. The van der Waals surface area contributed by atoms with Crippen molar-refractivity contribution in [1.29, 1.82) is 0 Å². The van der Waals surface area contributed by atoms with Crippen molar-refractivity contribution in [2.24, 2.45) is 0 Å². The van der Waals surface area contributed by atoms with Crippen molar-refractivity contribution in [2.75, 3.05) is 0 Å². The normalized spacial score (nSPS) is 15.2. The molecule has 208 valence electrons. The first kappa shape index (κ1) is 24.9. The van der Waals surface area contributed by atoms with Crippen molar-refractivity contribution in [3.05, 3.63) is 174 Å². The van der Waals surface area contributed by atoms with E-state index in [1.54, 1.807) is 0 Å². The van der Waals surface area contributed by atoms with Gasteiger partial charge in [-0.05, 0) is 70.7 Å². The van der Waals surface area contributed by atoms with Crippen molar-refractivity contribution >= 4 is 54.9 Å². The highest BCUT2D eigenvalue weighted by atomic mass is 16.3. The predicted molar refractivity (Wildman–Crippen MR) is 184 cm³/mol.